The summed E-state index contributed by atoms with van der Waals surface area (Å²) < 4.78 is 11.0. The van der Waals surface area contributed by atoms with Gasteiger partial charge in [-0.25, -0.2) is 0 Å². The highest BCUT2D eigenvalue weighted by Crippen LogP contribution is 2.27. The molecule has 1 aliphatic carbocycles. The van der Waals surface area contributed by atoms with Crippen molar-refractivity contribution in [1.82, 2.24) is 9.80 Å². The average Bonchev–Trinajstić information content (AvgIpc) is 3.04. The Bertz CT molecular complexity index is 485. The molecule has 0 radical (unpaired) electrons. The number of piperazine rings is 1. The van der Waals surface area contributed by atoms with Crippen LogP contribution in [-0.4, -0.2) is 60.3 Å². The summed E-state index contributed by atoms with van der Waals surface area (Å²) in [6.07, 6.45) is 7.67. The van der Waals surface area contributed by atoms with Crippen molar-refractivity contribution in [2.75, 3.05) is 33.4 Å². The summed E-state index contributed by atoms with van der Waals surface area (Å²) >= 11 is 0. The lowest BCUT2D eigenvalue weighted by Crippen LogP contribution is -2.56. The fraction of sp³-hybridized carbons (Fsp3) is 0.789. The third-order valence-corrected chi connectivity index (χ3v) is 5.50. The van der Waals surface area contributed by atoms with Crippen LogP contribution >= 0.6 is 0 Å². The van der Waals surface area contributed by atoms with Crippen molar-refractivity contribution in [3.05, 3.63) is 23.7 Å². The molecular weight excluding hydrogens is 304 g/mol. The van der Waals surface area contributed by atoms with E-state index in [0.717, 1.165) is 50.2 Å². The third kappa shape index (κ3) is 4.60. The van der Waals surface area contributed by atoms with Crippen LogP contribution in [0.2, 0.25) is 0 Å². The van der Waals surface area contributed by atoms with E-state index in [4.69, 9.17) is 9.15 Å². The number of furan rings is 1. The molecule has 24 heavy (non-hydrogen) atoms. The van der Waals surface area contributed by atoms with Gasteiger partial charge in [0.15, 0.2) is 0 Å². The quantitative estimate of drug-likeness (QED) is 0.829. The lowest BCUT2D eigenvalue weighted by molar-refractivity contribution is 0.0113. The van der Waals surface area contributed by atoms with Gasteiger partial charge >= 0.3 is 0 Å². The number of hydrogen-bond acceptors (Lipinski definition) is 5. The Hall–Kier alpha value is -0.880. The standard InChI is InChI=1S/C19H32N2O3/c1-23-15-19-8-7-18(24-19)14-20-10-11-21(17(13-20)9-12-22)16-5-3-2-4-6-16/h7-8,16-17,22H,2-6,9-15H2,1H3/t17-/m1/s1. The van der Waals surface area contributed by atoms with Gasteiger partial charge in [-0.2, -0.15) is 0 Å². The minimum Gasteiger partial charge on any atom is -0.462 e. The van der Waals surface area contributed by atoms with Crippen LogP contribution in [-0.2, 0) is 17.9 Å². The topological polar surface area (TPSA) is 49.1 Å². The monoisotopic (exact) mass is 336 g/mol. The Morgan fingerprint density at radius 1 is 1.17 bits per heavy atom. The SMILES string of the molecule is COCc1ccc(CN2CCN(C3CCCCC3)[C@H](CCO)C2)o1. The number of hydrogen-bond donors (Lipinski definition) is 1. The Kier molecular flexibility index (Phi) is 6.72. The second-order valence-corrected chi connectivity index (χ2v) is 7.23. The fourth-order valence-electron chi connectivity index (χ4n) is 4.32. The molecule has 1 aromatic heterocycles. The molecule has 2 aliphatic rings. The zero-order valence-electron chi connectivity index (χ0n) is 15.0. The van der Waals surface area contributed by atoms with Gasteiger partial charge in [-0.3, -0.25) is 9.80 Å². The molecule has 3 rings (SSSR count). The summed E-state index contributed by atoms with van der Waals surface area (Å²) in [5, 5.41) is 9.50. The van der Waals surface area contributed by atoms with E-state index >= 15 is 0 Å². The van der Waals surface area contributed by atoms with Gasteiger partial charge in [0.05, 0.1) is 6.54 Å². The normalized spacial score (nSPS) is 24.5. The van der Waals surface area contributed by atoms with E-state index < -0.39 is 0 Å². The first-order chi connectivity index (χ1) is 11.8. The molecule has 0 amide bonds. The molecule has 1 aliphatic heterocycles. The Morgan fingerprint density at radius 2 is 1.96 bits per heavy atom. The van der Waals surface area contributed by atoms with Gasteiger partial charge in [0.25, 0.3) is 0 Å². The first-order valence-corrected chi connectivity index (χ1v) is 9.45. The molecular formula is C19H32N2O3. The number of ether oxygens (including phenoxy) is 1. The second kappa shape index (κ2) is 8.99. The molecule has 0 aromatic carbocycles. The lowest BCUT2D eigenvalue weighted by Gasteiger charge is -2.46. The van der Waals surface area contributed by atoms with Gasteiger partial charge in [-0.1, -0.05) is 19.3 Å². The molecule has 2 heterocycles. The first-order valence-electron chi connectivity index (χ1n) is 9.45. The summed E-state index contributed by atoms with van der Waals surface area (Å²) in [5.41, 5.74) is 0. The Morgan fingerprint density at radius 3 is 2.71 bits per heavy atom. The molecule has 1 atom stereocenters. The molecule has 1 N–H and O–H groups in total. The number of methoxy groups -OCH3 is 1. The molecule has 1 saturated carbocycles. The van der Waals surface area contributed by atoms with E-state index in [1.165, 1.54) is 32.1 Å². The highest BCUT2D eigenvalue weighted by Gasteiger charge is 2.32. The highest BCUT2D eigenvalue weighted by molar-refractivity contribution is 5.06. The minimum atomic E-state index is 0.278. The number of nitrogens with zero attached hydrogens (tertiary/aromatic N) is 2. The van der Waals surface area contributed by atoms with Crippen LogP contribution in [0.5, 0.6) is 0 Å². The van der Waals surface area contributed by atoms with Crippen LogP contribution in [0.4, 0.5) is 0 Å². The van der Waals surface area contributed by atoms with Gasteiger partial charge in [-0.05, 0) is 31.4 Å². The second-order valence-electron chi connectivity index (χ2n) is 7.23. The number of rotatable bonds is 7. The Balaban J connectivity index is 1.57. The predicted molar refractivity (Wildman–Crippen MR) is 93.8 cm³/mol. The van der Waals surface area contributed by atoms with Crippen molar-refractivity contribution < 1.29 is 14.3 Å². The zero-order valence-corrected chi connectivity index (χ0v) is 15.0. The fourth-order valence-corrected chi connectivity index (χ4v) is 4.32. The van der Waals surface area contributed by atoms with Gasteiger partial charge < -0.3 is 14.3 Å². The van der Waals surface area contributed by atoms with Crippen LogP contribution in [0.3, 0.4) is 0 Å². The minimum absolute atomic E-state index is 0.278. The summed E-state index contributed by atoms with van der Waals surface area (Å²) in [5.74, 6) is 1.90. The van der Waals surface area contributed by atoms with Crippen molar-refractivity contribution in [2.45, 2.75) is 63.8 Å². The summed E-state index contributed by atoms with van der Waals surface area (Å²) in [6, 6.07) is 5.26. The van der Waals surface area contributed by atoms with Crippen molar-refractivity contribution in [3.63, 3.8) is 0 Å². The molecule has 136 valence electrons. The smallest absolute Gasteiger partial charge is 0.129 e. The van der Waals surface area contributed by atoms with E-state index in [2.05, 4.69) is 15.9 Å². The van der Waals surface area contributed by atoms with Crippen molar-refractivity contribution in [3.8, 4) is 0 Å². The van der Waals surface area contributed by atoms with E-state index in [0.29, 0.717) is 12.6 Å². The summed E-state index contributed by atoms with van der Waals surface area (Å²) in [6.45, 7) is 4.88. The maximum Gasteiger partial charge on any atom is 0.129 e. The molecule has 5 heteroatoms. The summed E-state index contributed by atoms with van der Waals surface area (Å²) in [4.78, 5) is 5.15. The van der Waals surface area contributed by atoms with Crippen LogP contribution in [0.1, 0.15) is 50.0 Å². The molecule has 5 nitrogen and oxygen atoms in total. The first kappa shape index (κ1) is 17.9. The number of aliphatic hydroxyl groups excluding tert-OH is 1. The van der Waals surface area contributed by atoms with Gasteiger partial charge in [0.1, 0.15) is 18.1 Å². The van der Waals surface area contributed by atoms with Crippen molar-refractivity contribution in [1.29, 1.82) is 0 Å². The molecule has 0 unspecified atom stereocenters. The van der Waals surface area contributed by atoms with E-state index in [-0.39, 0.29) is 6.61 Å². The van der Waals surface area contributed by atoms with Crippen molar-refractivity contribution in [2.24, 2.45) is 0 Å². The third-order valence-electron chi connectivity index (χ3n) is 5.50. The van der Waals surface area contributed by atoms with Gasteiger partial charge in [0.2, 0.25) is 0 Å². The van der Waals surface area contributed by atoms with E-state index in [1.807, 2.05) is 6.07 Å². The van der Waals surface area contributed by atoms with Crippen LogP contribution in [0, 0.1) is 0 Å². The zero-order chi connectivity index (χ0) is 16.8. The van der Waals surface area contributed by atoms with Crippen LogP contribution in [0.25, 0.3) is 0 Å². The average molecular weight is 336 g/mol. The maximum absolute atomic E-state index is 9.50. The maximum atomic E-state index is 9.50. The lowest BCUT2D eigenvalue weighted by atomic mass is 9.92. The molecule has 0 bridgehead atoms. The largest absolute Gasteiger partial charge is 0.462 e. The Labute approximate surface area is 145 Å². The highest BCUT2D eigenvalue weighted by atomic mass is 16.5. The molecule has 0 spiro atoms. The van der Waals surface area contributed by atoms with E-state index in [9.17, 15) is 5.11 Å². The molecule has 1 aromatic rings. The number of aliphatic hydroxyl groups is 1. The van der Waals surface area contributed by atoms with E-state index in [1.54, 1.807) is 7.11 Å². The molecule has 1 saturated heterocycles. The van der Waals surface area contributed by atoms with Crippen molar-refractivity contribution >= 4 is 0 Å². The predicted octanol–water partition coefficient (Wildman–Crippen LogP) is 2.63. The van der Waals surface area contributed by atoms with Gasteiger partial charge in [-0.15, -0.1) is 0 Å². The van der Waals surface area contributed by atoms with Crippen LogP contribution < -0.4 is 0 Å². The molecule has 2 fully saturated rings. The summed E-state index contributed by atoms with van der Waals surface area (Å²) in [7, 11) is 1.69. The van der Waals surface area contributed by atoms with Gasteiger partial charge in [0, 0.05) is 45.4 Å². The van der Waals surface area contributed by atoms with Crippen LogP contribution in [0.15, 0.2) is 16.5 Å².